The third-order valence-corrected chi connectivity index (χ3v) is 5.67. The molecule has 4 rings (SSSR count). The number of pyridine rings is 1. The zero-order chi connectivity index (χ0) is 22.3. The first-order valence-corrected chi connectivity index (χ1v) is 11.3. The molecular weight excluding hydrogens is 398 g/mol. The molecule has 0 aliphatic carbocycles. The van der Waals surface area contributed by atoms with Gasteiger partial charge in [-0.15, -0.1) is 0 Å². The standard InChI is InChI=1S/C27H31N3O2/c1-21(2)32-27(31)25-12-7-13-28-26(25)30-16-14-29(15-17-30)20-24-11-6-10-23(19-24)18-22-8-4-3-5-9-22/h3-13,19,21H,14-18,20H2,1-2H3. The second-order valence-electron chi connectivity index (χ2n) is 8.57. The average molecular weight is 430 g/mol. The number of hydrogen-bond donors (Lipinski definition) is 0. The zero-order valence-corrected chi connectivity index (χ0v) is 18.9. The number of anilines is 1. The number of hydrogen-bond acceptors (Lipinski definition) is 5. The molecule has 0 radical (unpaired) electrons. The maximum Gasteiger partial charge on any atom is 0.342 e. The van der Waals surface area contributed by atoms with E-state index >= 15 is 0 Å². The van der Waals surface area contributed by atoms with Crippen LogP contribution in [0.15, 0.2) is 72.9 Å². The quantitative estimate of drug-likeness (QED) is 0.515. The van der Waals surface area contributed by atoms with Gasteiger partial charge in [-0.25, -0.2) is 9.78 Å². The van der Waals surface area contributed by atoms with Crippen molar-refractivity contribution in [1.29, 1.82) is 0 Å². The van der Waals surface area contributed by atoms with E-state index in [1.54, 1.807) is 18.3 Å². The first kappa shape index (κ1) is 22.0. The average Bonchev–Trinajstić information content (AvgIpc) is 2.80. The Kier molecular flexibility index (Phi) is 7.17. The summed E-state index contributed by atoms with van der Waals surface area (Å²) >= 11 is 0. The maximum absolute atomic E-state index is 12.5. The van der Waals surface area contributed by atoms with E-state index in [9.17, 15) is 4.79 Å². The molecule has 1 saturated heterocycles. The van der Waals surface area contributed by atoms with Crippen LogP contribution in [0.25, 0.3) is 0 Å². The molecule has 1 aliphatic rings. The highest BCUT2D eigenvalue weighted by Gasteiger charge is 2.23. The van der Waals surface area contributed by atoms with Gasteiger partial charge in [0.2, 0.25) is 0 Å². The van der Waals surface area contributed by atoms with Gasteiger partial charge in [0.15, 0.2) is 0 Å². The molecule has 0 amide bonds. The van der Waals surface area contributed by atoms with E-state index < -0.39 is 0 Å². The summed E-state index contributed by atoms with van der Waals surface area (Å²) in [7, 11) is 0. The van der Waals surface area contributed by atoms with E-state index in [1.807, 2.05) is 13.8 Å². The Hall–Kier alpha value is -3.18. The number of nitrogens with zero attached hydrogens (tertiary/aromatic N) is 3. The van der Waals surface area contributed by atoms with Crippen LogP contribution in [0, 0.1) is 0 Å². The van der Waals surface area contributed by atoms with Crippen LogP contribution in [0.5, 0.6) is 0 Å². The van der Waals surface area contributed by atoms with Gasteiger partial charge in [-0.05, 0) is 49.1 Å². The molecule has 5 nitrogen and oxygen atoms in total. The SMILES string of the molecule is CC(C)OC(=O)c1cccnc1N1CCN(Cc2cccc(Cc3ccccc3)c2)CC1. The lowest BCUT2D eigenvalue weighted by Crippen LogP contribution is -2.46. The summed E-state index contributed by atoms with van der Waals surface area (Å²) in [4.78, 5) is 21.6. The molecule has 5 heteroatoms. The molecule has 0 unspecified atom stereocenters. The number of esters is 1. The Bertz CT molecular complexity index is 1030. The van der Waals surface area contributed by atoms with Crippen molar-refractivity contribution in [1.82, 2.24) is 9.88 Å². The lowest BCUT2D eigenvalue weighted by Gasteiger charge is -2.36. The Labute approximate surface area is 190 Å². The molecule has 3 aromatic rings. The van der Waals surface area contributed by atoms with Crippen molar-refractivity contribution in [3.05, 3.63) is 95.2 Å². The number of rotatable bonds is 7. The number of benzene rings is 2. The normalized spacial score (nSPS) is 14.5. The Morgan fingerprint density at radius 2 is 1.62 bits per heavy atom. The highest BCUT2D eigenvalue weighted by Crippen LogP contribution is 2.21. The third-order valence-electron chi connectivity index (χ3n) is 5.67. The number of ether oxygens (including phenoxy) is 1. The summed E-state index contributed by atoms with van der Waals surface area (Å²) < 4.78 is 5.41. The zero-order valence-electron chi connectivity index (χ0n) is 18.9. The third kappa shape index (κ3) is 5.74. The molecule has 0 bridgehead atoms. The van der Waals surface area contributed by atoms with Gasteiger partial charge < -0.3 is 9.64 Å². The molecule has 2 heterocycles. The Balaban J connectivity index is 1.36. The molecule has 0 saturated carbocycles. The monoisotopic (exact) mass is 429 g/mol. The minimum absolute atomic E-state index is 0.148. The van der Waals surface area contributed by atoms with Crippen molar-refractivity contribution >= 4 is 11.8 Å². The van der Waals surface area contributed by atoms with Crippen molar-refractivity contribution < 1.29 is 9.53 Å². The molecule has 1 aliphatic heterocycles. The molecule has 1 fully saturated rings. The number of aromatic nitrogens is 1. The van der Waals surface area contributed by atoms with E-state index in [1.165, 1.54) is 16.7 Å². The highest BCUT2D eigenvalue weighted by atomic mass is 16.5. The molecular formula is C27H31N3O2. The van der Waals surface area contributed by atoms with Crippen LogP contribution < -0.4 is 4.90 Å². The van der Waals surface area contributed by atoms with Crippen LogP contribution in [0.1, 0.15) is 40.9 Å². The van der Waals surface area contributed by atoms with Gasteiger partial charge in [0.1, 0.15) is 11.4 Å². The summed E-state index contributed by atoms with van der Waals surface area (Å²) in [6.07, 6.45) is 2.55. The molecule has 32 heavy (non-hydrogen) atoms. The molecule has 0 atom stereocenters. The van der Waals surface area contributed by atoms with Gasteiger partial charge in [-0.2, -0.15) is 0 Å². The second kappa shape index (κ2) is 10.4. The van der Waals surface area contributed by atoms with Crippen LogP contribution >= 0.6 is 0 Å². The summed E-state index contributed by atoms with van der Waals surface area (Å²) in [6.45, 7) is 8.19. The predicted octanol–water partition coefficient (Wildman–Crippen LogP) is 4.56. The van der Waals surface area contributed by atoms with Crippen LogP contribution in [-0.2, 0) is 17.7 Å². The van der Waals surface area contributed by atoms with Crippen molar-refractivity contribution in [3.63, 3.8) is 0 Å². The number of carbonyl (C=O) groups excluding carboxylic acids is 1. The summed E-state index contributed by atoms with van der Waals surface area (Å²) in [5, 5.41) is 0. The lowest BCUT2D eigenvalue weighted by atomic mass is 10.0. The summed E-state index contributed by atoms with van der Waals surface area (Å²) in [5.41, 5.74) is 4.56. The Morgan fingerprint density at radius 1 is 0.906 bits per heavy atom. The van der Waals surface area contributed by atoms with Crippen LogP contribution in [0.3, 0.4) is 0 Å². The van der Waals surface area contributed by atoms with E-state index in [-0.39, 0.29) is 12.1 Å². The van der Waals surface area contributed by atoms with Crippen molar-refractivity contribution in [3.8, 4) is 0 Å². The van der Waals surface area contributed by atoms with Crippen molar-refractivity contribution in [2.45, 2.75) is 32.9 Å². The van der Waals surface area contributed by atoms with Gasteiger partial charge in [-0.1, -0.05) is 54.6 Å². The van der Waals surface area contributed by atoms with Crippen LogP contribution in [0.2, 0.25) is 0 Å². The first-order valence-electron chi connectivity index (χ1n) is 11.3. The minimum Gasteiger partial charge on any atom is -0.459 e. The maximum atomic E-state index is 12.5. The highest BCUT2D eigenvalue weighted by molar-refractivity contribution is 5.94. The molecule has 166 valence electrons. The first-order chi connectivity index (χ1) is 15.6. The van der Waals surface area contributed by atoms with Crippen LogP contribution in [-0.4, -0.2) is 48.1 Å². The van der Waals surface area contributed by atoms with Gasteiger partial charge in [-0.3, -0.25) is 4.90 Å². The van der Waals surface area contributed by atoms with E-state index in [4.69, 9.17) is 4.74 Å². The number of piperazine rings is 1. The lowest BCUT2D eigenvalue weighted by molar-refractivity contribution is 0.0378. The van der Waals surface area contributed by atoms with Crippen LogP contribution in [0.4, 0.5) is 5.82 Å². The largest absolute Gasteiger partial charge is 0.459 e. The predicted molar refractivity (Wildman–Crippen MR) is 128 cm³/mol. The summed E-state index contributed by atoms with van der Waals surface area (Å²) in [6, 6.07) is 23.1. The summed E-state index contributed by atoms with van der Waals surface area (Å²) in [5.74, 6) is 0.420. The Morgan fingerprint density at radius 3 is 2.38 bits per heavy atom. The van der Waals surface area contributed by atoms with E-state index in [2.05, 4.69) is 69.4 Å². The topological polar surface area (TPSA) is 45.7 Å². The van der Waals surface area contributed by atoms with Crippen molar-refractivity contribution in [2.75, 3.05) is 31.1 Å². The molecule has 0 N–H and O–H groups in total. The van der Waals surface area contributed by atoms with E-state index in [0.29, 0.717) is 5.56 Å². The number of carbonyl (C=O) groups is 1. The smallest absolute Gasteiger partial charge is 0.342 e. The van der Waals surface area contributed by atoms with Gasteiger partial charge in [0.05, 0.1) is 6.10 Å². The fourth-order valence-electron chi connectivity index (χ4n) is 4.13. The van der Waals surface area contributed by atoms with Gasteiger partial charge in [0.25, 0.3) is 0 Å². The van der Waals surface area contributed by atoms with Gasteiger partial charge in [0, 0.05) is 38.9 Å². The molecule has 0 spiro atoms. The van der Waals surface area contributed by atoms with Gasteiger partial charge >= 0.3 is 5.97 Å². The van der Waals surface area contributed by atoms with E-state index in [0.717, 1.165) is 45.0 Å². The van der Waals surface area contributed by atoms with Crippen molar-refractivity contribution in [2.24, 2.45) is 0 Å². The molecule has 2 aromatic carbocycles. The fraction of sp³-hybridized carbons (Fsp3) is 0.333. The minimum atomic E-state index is -0.305. The fourth-order valence-corrected chi connectivity index (χ4v) is 4.13. The second-order valence-corrected chi connectivity index (χ2v) is 8.57. The molecule has 1 aromatic heterocycles.